The van der Waals surface area contributed by atoms with Crippen LogP contribution in [0.25, 0.3) is 11.0 Å². The Morgan fingerprint density at radius 1 is 1.11 bits per heavy atom. The minimum Gasteiger partial charge on any atom is -0.483 e. The van der Waals surface area contributed by atoms with Gasteiger partial charge in [-0.3, -0.25) is 9.59 Å². The Balaban J connectivity index is 1.36. The average molecular weight is 561 g/mol. The van der Waals surface area contributed by atoms with E-state index in [1.165, 1.54) is 15.9 Å². The SMILES string of the molecule is Cc1ccc(NC(=O)COc2ccc(Br)cc2/C=c2\sc3nc(Cc4ccccc4)nn3c2=O)cc1. The molecule has 0 spiro atoms. The summed E-state index contributed by atoms with van der Waals surface area (Å²) >= 11 is 4.73. The molecule has 2 aromatic heterocycles. The first-order valence-electron chi connectivity index (χ1n) is 11.2. The second-order valence-corrected chi connectivity index (χ2v) is 10.1. The van der Waals surface area contributed by atoms with Gasteiger partial charge < -0.3 is 10.1 Å². The first-order chi connectivity index (χ1) is 17.4. The molecular weight excluding hydrogens is 540 g/mol. The van der Waals surface area contributed by atoms with E-state index in [4.69, 9.17) is 4.74 Å². The van der Waals surface area contributed by atoms with E-state index < -0.39 is 0 Å². The molecule has 1 amide bonds. The van der Waals surface area contributed by atoms with E-state index in [0.29, 0.717) is 38.7 Å². The molecule has 0 radical (unpaired) electrons. The van der Waals surface area contributed by atoms with Crippen LogP contribution < -0.4 is 20.1 Å². The summed E-state index contributed by atoms with van der Waals surface area (Å²) in [6.45, 7) is 1.82. The number of rotatable bonds is 7. The second-order valence-electron chi connectivity index (χ2n) is 8.19. The molecule has 1 N–H and O–H groups in total. The van der Waals surface area contributed by atoms with Crippen LogP contribution in [0.3, 0.4) is 0 Å². The summed E-state index contributed by atoms with van der Waals surface area (Å²) in [5, 5.41) is 7.22. The van der Waals surface area contributed by atoms with Crippen molar-refractivity contribution in [1.82, 2.24) is 14.6 Å². The van der Waals surface area contributed by atoms with Crippen molar-refractivity contribution in [2.24, 2.45) is 0 Å². The summed E-state index contributed by atoms with van der Waals surface area (Å²) in [5.41, 5.74) is 3.32. The minimum absolute atomic E-state index is 0.168. The number of carbonyl (C=O) groups excluding carboxylic acids is 1. The molecule has 0 aliphatic rings. The molecule has 36 heavy (non-hydrogen) atoms. The smallest absolute Gasteiger partial charge is 0.291 e. The number of carbonyl (C=O) groups is 1. The maximum atomic E-state index is 13.0. The Kier molecular flexibility index (Phi) is 6.92. The Morgan fingerprint density at radius 2 is 1.89 bits per heavy atom. The maximum Gasteiger partial charge on any atom is 0.291 e. The van der Waals surface area contributed by atoms with Gasteiger partial charge >= 0.3 is 0 Å². The number of ether oxygens (including phenoxy) is 1. The van der Waals surface area contributed by atoms with E-state index in [1.807, 2.05) is 73.7 Å². The molecule has 0 aliphatic carbocycles. The highest BCUT2D eigenvalue weighted by molar-refractivity contribution is 9.10. The highest BCUT2D eigenvalue weighted by atomic mass is 79.9. The zero-order valence-corrected chi connectivity index (χ0v) is 21.7. The number of aryl methyl sites for hydroxylation is 1. The normalized spacial score (nSPS) is 11.7. The lowest BCUT2D eigenvalue weighted by Crippen LogP contribution is -2.24. The molecule has 0 bridgehead atoms. The number of hydrogen-bond acceptors (Lipinski definition) is 6. The van der Waals surface area contributed by atoms with Gasteiger partial charge in [0.15, 0.2) is 12.4 Å². The molecule has 0 saturated carbocycles. The van der Waals surface area contributed by atoms with Gasteiger partial charge in [-0.05, 0) is 48.9 Å². The molecule has 9 heteroatoms. The van der Waals surface area contributed by atoms with E-state index in [1.54, 1.807) is 12.1 Å². The van der Waals surface area contributed by atoms with E-state index in [0.717, 1.165) is 15.6 Å². The molecule has 0 saturated heterocycles. The average Bonchev–Trinajstić information content (AvgIpc) is 3.38. The number of amides is 1. The number of halogens is 1. The first kappa shape index (κ1) is 23.9. The van der Waals surface area contributed by atoms with Crippen LogP contribution in [-0.2, 0) is 11.2 Å². The monoisotopic (exact) mass is 560 g/mol. The molecule has 2 heterocycles. The summed E-state index contributed by atoms with van der Waals surface area (Å²) in [6, 6.07) is 22.8. The second kappa shape index (κ2) is 10.4. The highest BCUT2D eigenvalue weighted by Gasteiger charge is 2.13. The fourth-order valence-electron chi connectivity index (χ4n) is 3.61. The molecule has 0 aliphatic heterocycles. The Labute approximate surface area is 219 Å². The number of fused-ring (bicyclic) bond motifs is 1. The zero-order valence-electron chi connectivity index (χ0n) is 19.3. The standard InChI is InChI=1S/C27H21BrN4O3S/c1-17-7-10-21(11-8-17)29-25(33)16-35-22-12-9-20(28)14-19(22)15-23-26(34)32-27(36-23)30-24(31-32)13-18-5-3-2-4-6-18/h2-12,14-15H,13,16H2,1H3,(H,29,33)/b23-15-. The lowest BCUT2D eigenvalue weighted by Gasteiger charge is -2.10. The molecule has 0 atom stereocenters. The first-order valence-corrected chi connectivity index (χ1v) is 12.8. The lowest BCUT2D eigenvalue weighted by atomic mass is 10.1. The lowest BCUT2D eigenvalue weighted by molar-refractivity contribution is -0.118. The quantitative estimate of drug-likeness (QED) is 0.319. The summed E-state index contributed by atoms with van der Waals surface area (Å²) < 4.78 is 8.44. The van der Waals surface area contributed by atoms with Crippen molar-refractivity contribution >= 4 is 49.9 Å². The third-order valence-corrected chi connectivity index (χ3v) is 6.84. The van der Waals surface area contributed by atoms with Gasteiger partial charge in [0.05, 0.1) is 4.53 Å². The van der Waals surface area contributed by atoms with Gasteiger partial charge in [0.2, 0.25) is 4.96 Å². The summed E-state index contributed by atoms with van der Waals surface area (Å²) in [6.07, 6.45) is 2.29. The van der Waals surface area contributed by atoms with Crippen LogP contribution in [0.2, 0.25) is 0 Å². The maximum absolute atomic E-state index is 13.0. The third kappa shape index (κ3) is 5.53. The number of nitrogens with one attached hydrogen (secondary N) is 1. The van der Waals surface area contributed by atoms with Crippen LogP contribution in [0.1, 0.15) is 22.5 Å². The van der Waals surface area contributed by atoms with Gasteiger partial charge in [-0.25, -0.2) is 4.98 Å². The van der Waals surface area contributed by atoms with Gasteiger partial charge in [0, 0.05) is 22.1 Å². The van der Waals surface area contributed by atoms with Crippen LogP contribution in [0, 0.1) is 6.92 Å². The summed E-state index contributed by atoms with van der Waals surface area (Å²) in [4.78, 5) is 30.5. The fourth-order valence-corrected chi connectivity index (χ4v) is 4.91. The number of thiazole rings is 1. The molecule has 0 unspecified atom stereocenters. The topological polar surface area (TPSA) is 85.6 Å². The van der Waals surface area contributed by atoms with Crippen molar-refractivity contribution < 1.29 is 9.53 Å². The van der Waals surface area contributed by atoms with E-state index in [9.17, 15) is 9.59 Å². The van der Waals surface area contributed by atoms with Crippen molar-refractivity contribution in [3.8, 4) is 5.75 Å². The van der Waals surface area contributed by atoms with Gasteiger partial charge in [-0.15, -0.1) is 5.10 Å². The van der Waals surface area contributed by atoms with Crippen LogP contribution in [0.15, 0.2) is 82.1 Å². The van der Waals surface area contributed by atoms with Crippen LogP contribution >= 0.6 is 27.3 Å². The van der Waals surface area contributed by atoms with E-state index in [-0.39, 0.29) is 18.1 Å². The van der Waals surface area contributed by atoms with Gasteiger partial charge in [0.25, 0.3) is 11.5 Å². The predicted octanol–water partition coefficient (Wildman–Crippen LogP) is 4.38. The van der Waals surface area contributed by atoms with E-state index >= 15 is 0 Å². The third-order valence-electron chi connectivity index (χ3n) is 5.38. The molecular formula is C27H21BrN4O3S. The molecule has 180 valence electrons. The van der Waals surface area contributed by atoms with Gasteiger partial charge in [-0.2, -0.15) is 4.52 Å². The fraction of sp³-hybridized carbons (Fsp3) is 0.111. The summed E-state index contributed by atoms with van der Waals surface area (Å²) in [7, 11) is 0. The molecule has 3 aromatic carbocycles. The highest BCUT2D eigenvalue weighted by Crippen LogP contribution is 2.24. The van der Waals surface area contributed by atoms with Crippen molar-refractivity contribution in [2.45, 2.75) is 13.3 Å². The van der Waals surface area contributed by atoms with Gasteiger partial charge in [0.1, 0.15) is 5.75 Å². The van der Waals surface area contributed by atoms with E-state index in [2.05, 4.69) is 31.3 Å². The molecule has 5 rings (SSSR count). The number of anilines is 1. The Bertz CT molecular complexity index is 1650. The zero-order chi connectivity index (χ0) is 25.1. The predicted molar refractivity (Wildman–Crippen MR) is 145 cm³/mol. The Hall–Kier alpha value is -3.82. The minimum atomic E-state index is -0.276. The molecule has 5 aromatic rings. The number of benzene rings is 3. The largest absolute Gasteiger partial charge is 0.483 e. The van der Waals surface area contributed by atoms with Crippen molar-refractivity contribution in [1.29, 1.82) is 0 Å². The molecule has 0 fully saturated rings. The molecule has 7 nitrogen and oxygen atoms in total. The Morgan fingerprint density at radius 3 is 2.64 bits per heavy atom. The summed E-state index contributed by atoms with van der Waals surface area (Å²) in [5.74, 6) is 0.810. The van der Waals surface area contributed by atoms with Crippen molar-refractivity contribution in [3.63, 3.8) is 0 Å². The van der Waals surface area contributed by atoms with Gasteiger partial charge in [-0.1, -0.05) is 75.3 Å². The number of aromatic nitrogens is 3. The van der Waals surface area contributed by atoms with Crippen molar-refractivity contribution in [2.75, 3.05) is 11.9 Å². The van der Waals surface area contributed by atoms with Crippen LogP contribution in [0.5, 0.6) is 5.75 Å². The number of hydrogen-bond donors (Lipinski definition) is 1. The van der Waals surface area contributed by atoms with Crippen molar-refractivity contribution in [3.05, 3.63) is 115 Å². The van der Waals surface area contributed by atoms with Crippen LogP contribution in [-0.4, -0.2) is 27.1 Å². The number of nitrogens with zero attached hydrogens (tertiary/aromatic N) is 3. The van der Waals surface area contributed by atoms with Crippen LogP contribution in [0.4, 0.5) is 5.69 Å².